The molecule has 0 aliphatic carbocycles. The molecular formula is C11H21NO. The molecule has 0 N–H and O–H groups in total. The van der Waals surface area contributed by atoms with Gasteiger partial charge in [0.05, 0.1) is 0 Å². The quantitative estimate of drug-likeness (QED) is 0.665. The molecule has 0 saturated carbocycles. The summed E-state index contributed by atoms with van der Waals surface area (Å²) >= 11 is 0. The fourth-order valence-electron chi connectivity index (χ4n) is 2.28. The molecule has 0 unspecified atom stereocenters. The van der Waals surface area contributed by atoms with Crippen molar-refractivity contribution < 1.29 is 4.79 Å². The molecule has 2 heteroatoms. The highest BCUT2D eigenvalue weighted by molar-refractivity contribution is 5.76. The van der Waals surface area contributed by atoms with E-state index in [-0.39, 0.29) is 5.41 Å². The van der Waals surface area contributed by atoms with Crippen LogP contribution in [0.5, 0.6) is 0 Å². The van der Waals surface area contributed by atoms with Gasteiger partial charge in [0.25, 0.3) is 0 Å². The minimum Gasteiger partial charge on any atom is -0.303 e. The second kappa shape index (κ2) is 4.23. The van der Waals surface area contributed by atoms with Crippen LogP contribution < -0.4 is 0 Å². The first-order chi connectivity index (χ1) is 5.99. The molecule has 13 heavy (non-hydrogen) atoms. The monoisotopic (exact) mass is 183 g/mol. The van der Waals surface area contributed by atoms with Gasteiger partial charge in [0.15, 0.2) is 0 Å². The number of Topliss-reactive ketones (excluding diaryl/α,β-unsaturated/α-hetero) is 1. The number of ketones is 1. The van der Waals surface area contributed by atoms with Gasteiger partial charge in [-0.15, -0.1) is 0 Å². The number of rotatable bonds is 4. The van der Waals surface area contributed by atoms with Gasteiger partial charge >= 0.3 is 0 Å². The van der Waals surface area contributed by atoms with E-state index in [9.17, 15) is 4.79 Å². The van der Waals surface area contributed by atoms with E-state index in [0.717, 1.165) is 6.54 Å². The van der Waals surface area contributed by atoms with Crippen molar-refractivity contribution in [3.63, 3.8) is 0 Å². The Hall–Kier alpha value is -0.370. The minimum absolute atomic E-state index is 0.163. The Morgan fingerprint density at radius 2 is 1.85 bits per heavy atom. The molecule has 1 saturated heterocycles. The van der Waals surface area contributed by atoms with Crippen LogP contribution in [0, 0.1) is 5.41 Å². The van der Waals surface area contributed by atoms with Gasteiger partial charge in [0.2, 0.25) is 0 Å². The summed E-state index contributed by atoms with van der Waals surface area (Å²) in [7, 11) is 0. The second-order valence-electron chi connectivity index (χ2n) is 5.03. The molecule has 0 aromatic carbocycles. The third-order valence-corrected chi connectivity index (χ3v) is 2.58. The van der Waals surface area contributed by atoms with Crippen LogP contribution in [0.25, 0.3) is 0 Å². The Morgan fingerprint density at radius 3 is 2.31 bits per heavy atom. The van der Waals surface area contributed by atoms with Gasteiger partial charge < -0.3 is 9.69 Å². The van der Waals surface area contributed by atoms with Crippen molar-refractivity contribution in [2.45, 2.75) is 40.0 Å². The number of likely N-dealkylation sites (tertiary alicyclic amines) is 1. The molecule has 0 aromatic rings. The number of hydrogen-bond donors (Lipinski definition) is 0. The zero-order valence-corrected chi connectivity index (χ0v) is 9.10. The van der Waals surface area contributed by atoms with E-state index in [0.29, 0.717) is 12.2 Å². The zero-order chi connectivity index (χ0) is 9.90. The van der Waals surface area contributed by atoms with Crippen LogP contribution in [-0.2, 0) is 4.79 Å². The van der Waals surface area contributed by atoms with E-state index < -0.39 is 0 Å². The molecule has 0 spiro atoms. The number of carbonyl (C=O) groups excluding carboxylic acids is 1. The normalized spacial score (nSPS) is 19.3. The standard InChI is InChI=1S/C11H21NO/c1-10(13)8-11(2,3)9-12-6-4-5-7-12/h4-9H2,1-3H3. The first kappa shape index (κ1) is 10.7. The van der Waals surface area contributed by atoms with Crippen LogP contribution in [0.15, 0.2) is 0 Å². The molecule has 76 valence electrons. The smallest absolute Gasteiger partial charge is 0.130 e. The van der Waals surface area contributed by atoms with Gasteiger partial charge in [-0.1, -0.05) is 13.8 Å². The molecule has 0 radical (unpaired) electrons. The Balaban J connectivity index is 2.35. The first-order valence-electron chi connectivity index (χ1n) is 5.21. The van der Waals surface area contributed by atoms with Crippen molar-refractivity contribution in [3.8, 4) is 0 Å². The molecule has 0 aromatic heterocycles. The van der Waals surface area contributed by atoms with Gasteiger partial charge in [-0.05, 0) is 38.3 Å². The van der Waals surface area contributed by atoms with E-state index in [2.05, 4.69) is 18.7 Å². The number of nitrogens with zero attached hydrogens (tertiary/aromatic N) is 1. The summed E-state index contributed by atoms with van der Waals surface area (Å²) in [5.74, 6) is 0.309. The van der Waals surface area contributed by atoms with E-state index >= 15 is 0 Å². The highest BCUT2D eigenvalue weighted by Gasteiger charge is 2.24. The van der Waals surface area contributed by atoms with Crippen molar-refractivity contribution in [2.75, 3.05) is 19.6 Å². The Labute approximate surface area is 81.3 Å². The van der Waals surface area contributed by atoms with Crippen LogP contribution >= 0.6 is 0 Å². The van der Waals surface area contributed by atoms with Crippen molar-refractivity contribution in [2.24, 2.45) is 5.41 Å². The van der Waals surface area contributed by atoms with Crippen LogP contribution in [0.4, 0.5) is 0 Å². The molecule has 1 fully saturated rings. The van der Waals surface area contributed by atoms with E-state index in [1.54, 1.807) is 6.92 Å². The summed E-state index contributed by atoms with van der Waals surface area (Å²) in [6.07, 6.45) is 3.37. The average molecular weight is 183 g/mol. The van der Waals surface area contributed by atoms with Gasteiger partial charge in [-0.2, -0.15) is 0 Å². The maximum absolute atomic E-state index is 11.0. The number of hydrogen-bond acceptors (Lipinski definition) is 2. The zero-order valence-electron chi connectivity index (χ0n) is 9.10. The van der Waals surface area contributed by atoms with Gasteiger partial charge in [-0.25, -0.2) is 0 Å². The van der Waals surface area contributed by atoms with Gasteiger partial charge in [0.1, 0.15) is 5.78 Å². The summed E-state index contributed by atoms with van der Waals surface area (Å²) < 4.78 is 0. The third-order valence-electron chi connectivity index (χ3n) is 2.58. The maximum atomic E-state index is 11.0. The number of carbonyl (C=O) groups is 1. The van der Waals surface area contributed by atoms with Crippen molar-refractivity contribution in [1.29, 1.82) is 0 Å². The highest BCUT2D eigenvalue weighted by Crippen LogP contribution is 2.24. The largest absolute Gasteiger partial charge is 0.303 e. The molecule has 0 amide bonds. The molecule has 1 aliphatic heterocycles. The molecule has 1 aliphatic rings. The average Bonchev–Trinajstić information content (AvgIpc) is 2.34. The lowest BCUT2D eigenvalue weighted by Crippen LogP contribution is -2.33. The second-order valence-corrected chi connectivity index (χ2v) is 5.03. The molecule has 1 heterocycles. The highest BCUT2D eigenvalue weighted by atomic mass is 16.1. The molecule has 0 atom stereocenters. The lowest BCUT2D eigenvalue weighted by atomic mass is 9.87. The van der Waals surface area contributed by atoms with Crippen molar-refractivity contribution in [3.05, 3.63) is 0 Å². The van der Waals surface area contributed by atoms with Crippen LogP contribution in [0.3, 0.4) is 0 Å². The summed E-state index contributed by atoms with van der Waals surface area (Å²) in [6.45, 7) is 9.58. The fourth-order valence-corrected chi connectivity index (χ4v) is 2.28. The summed E-state index contributed by atoms with van der Waals surface area (Å²) in [6, 6.07) is 0. The maximum Gasteiger partial charge on any atom is 0.130 e. The van der Waals surface area contributed by atoms with Crippen LogP contribution in [0.1, 0.15) is 40.0 Å². The van der Waals surface area contributed by atoms with Crippen LogP contribution in [-0.4, -0.2) is 30.3 Å². The lowest BCUT2D eigenvalue weighted by molar-refractivity contribution is -0.119. The van der Waals surface area contributed by atoms with Crippen molar-refractivity contribution in [1.82, 2.24) is 4.90 Å². The van der Waals surface area contributed by atoms with E-state index in [1.165, 1.54) is 25.9 Å². The summed E-state index contributed by atoms with van der Waals surface area (Å²) in [4.78, 5) is 13.5. The topological polar surface area (TPSA) is 20.3 Å². The third kappa shape index (κ3) is 3.90. The fraction of sp³-hybridized carbons (Fsp3) is 0.909. The van der Waals surface area contributed by atoms with Crippen molar-refractivity contribution >= 4 is 5.78 Å². The Morgan fingerprint density at radius 1 is 1.31 bits per heavy atom. The minimum atomic E-state index is 0.163. The van der Waals surface area contributed by atoms with Crippen LogP contribution in [0.2, 0.25) is 0 Å². The predicted octanol–water partition coefficient (Wildman–Crippen LogP) is 2.09. The predicted molar refractivity (Wildman–Crippen MR) is 54.8 cm³/mol. The van der Waals surface area contributed by atoms with E-state index in [4.69, 9.17) is 0 Å². The van der Waals surface area contributed by atoms with E-state index in [1.807, 2.05) is 0 Å². The lowest BCUT2D eigenvalue weighted by Gasteiger charge is -2.29. The molecule has 1 rings (SSSR count). The summed E-state index contributed by atoms with van der Waals surface area (Å²) in [5.41, 5.74) is 0.163. The first-order valence-corrected chi connectivity index (χ1v) is 5.21. The Bertz CT molecular complexity index is 181. The summed E-state index contributed by atoms with van der Waals surface area (Å²) in [5, 5.41) is 0. The molecule has 2 nitrogen and oxygen atoms in total. The molecular weight excluding hydrogens is 162 g/mol. The molecule has 0 bridgehead atoms. The van der Waals surface area contributed by atoms with Gasteiger partial charge in [0, 0.05) is 13.0 Å². The Kier molecular flexibility index (Phi) is 3.48. The van der Waals surface area contributed by atoms with Gasteiger partial charge in [-0.3, -0.25) is 0 Å². The SMILES string of the molecule is CC(=O)CC(C)(C)CN1CCCC1.